The van der Waals surface area contributed by atoms with E-state index in [1.165, 1.54) is 0 Å². The summed E-state index contributed by atoms with van der Waals surface area (Å²) < 4.78 is 0. The van der Waals surface area contributed by atoms with Crippen LogP contribution in [0.4, 0.5) is 5.69 Å². The zero-order valence-corrected chi connectivity index (χ0v) is 11.4. The smallest absolute Gasteiger partial charge is 0.247 e. The van der Waals surface area contributed by atoms with Gasteiger partial charge in [-0.3, -0.25) is 4.79 Å². The number of likely N-dealkylation sites (N-methyl/N-ethyl adjacent to an activating group) is 1. The monoisotopic (exact) mass is 246 g/mol. The second kappa shape index (κ2) is 4.73. The van der Waals surface area contributed by atoms with Crippen LogP contribution in [0.3, 0.4) is 0 Å². The van der Waals surface area contributed by atoms with Gasteiger partial charge in [-0.05, 0) is 57.2 Å². The first-order chi connectivity index (χ1) is 8.46. The molecule has 1 aromatic rings. The molecule has 0 aliphatic heterocycles. The van der Waals surface area contributed by atoms with Gasteiger partial charge in [-0.25, -0.2) is 0 Å². The van der Waals surface area contributed by atoms with E-state index in [0.29, 0.717) is 12.5 Å². The maximum absolute atomic E-state index is 12.6. The van der Waals surface area contributed by atoms with Crippen LogP contribution in [0, 0.1) is 12.8 Å². The maximum Gasteiger partial charge on any atom is 0.247 e. The van der Waals surface area contributed by atoms with E-state index in [4.69, 9.17) is 5.73 Å². The van der Waals surface area contributed by atoms with Crippen LogP contribution in [-0.2, 0) is 4.79 Å². The Kier molecular flexibility index (Phi) is 3.44. The first kappa shape index (κ1) is 13.1. The van der Waals surface area contributed by atoms with Crippen LogP contribution in [0.5, 0.6) is 0 Å². The minimum atomic E-state index is -0.722. The van der Waals surface area contributed by atoms with Crippen molar-refractivity contribution in [1.29, 1.82) is 0 Å². The predicted molar refractivity (Wildman–Crippen MR) is 74.5 cm³/mol. The van der Waals surface area contributed by atoms with Gasteiger partial charge in [-0.2, -0.15) is 0 Å². The molecule has 2 N–H and O–H groups in total. The highest BCUT2D eigenvalue weighted by atomic mass is 16.2. The van der Waals surface area contributed by atoms with Crippen molar-refractivity contribution in [2.75, 3.05) is 11.4 Å². The van der Waals surface area contributed by atoms with Crippen molar-refractivity contribution in [3.05, 3.63) is 29.8 Å². The molecule has 0 radical (unpaired) electrons. The van der Waals surface area contributed by atoms with E-state index in [1.54, 1.807) is 4.90 Å². The largest absolute Gasteiger partial charge is 0.317 e. The summed E-state index contributed by atoms with van der Waals surface area (Å²) in [6, 6.07) is 8.01. The van der Waals surface area contributed by atoms with Crippen molar-refractivity contribution < 1.29 is 4.79 Å². The topological polar surface area (TPSA) is 46.3 Å². The second-order valence-electron chi connectivity index (χ2n) is 5.45. The summed E-state index contributed by atoms with van der Waals surface area (Å²) in [4.78, 5) is 14.4. The fourth-order valence-electron chi connectivity index (χ4n) is 2.39. The minimum absolute atomic E-state index is 0.0399. The average Bonchev–Trinajstić information content (AvgIpc) is 3.14. The van der Waals surface area contributed by atoms with Crippen molar-refractivity contribution in [2.24, 2.45) is 11.7 Å². The molecule has 0 aromatic heterocycles. The Labute approximate surface area is 109 Å². The van der Waals surface area contributed by atoms with Crippen LogP contribution in [0.1, 0.15) is 32.3 Å². The third kappa shape index (κ3) is 2.41. The van der Waals surface area contributed by atoms with Gasteiger partial charge in [0.1, 0.15) is 0 Å². The Balaban J connectivity index is 2.25. The fourth-order valence-corrected chi connectivity index (χ4v) is 2.39. The summed E-state index contributed by atoms with van der Waals surface area (Å²) in [6.07, 6.45) is 2.15. The number of carbonyl (C=O) groups is 1. The lowest BCUT2D eigenvalue weighted by Crippen LogP contribution is -2.55. The summed E-state index contributed by atoms with van der Waals surface area (Å²) in [5.41, 5.74) is 7.60. The molecule has 3 heteroatoms. The predicted octanol–water partition coefficient (Wildman–Crippen LogP) is 2.48. The zero-order valence-electron chi connectivity index (χ0n) is 11.4. The molecule has 1 atom stereocenters. The summed E-state index contributed by atoms with van der Waals surface area (Å²) in [5, 5.41) is 0. The molecule has 1 aliphatic carbocycles. The average molecular weight is 246 g/mol. The summed E-state index contributed by atoms with van der Waals surface area (Å²) in [6.45, 7) is 6.54. The lowest BCUT2D eigenvalue weighted by molar-refractivity contribution is -0.123. The van der Waals surface area contributed by atoms with Crippen molar-refractivity contribution in [1.82, 2.24) is 0 Å². The number of aryl methyl sites for hydroxylation is 1. The molecule has 1 aliphatic rings. The molecular formula is C15H22N2O. The molecule has 1 aromatic carbocycles. The quantitative estimate of drug-likeness (QED) is 0.887. The van der Waals surface area contributed by atoms with Gasteiger partial charge < -0.3 is 10.6 Å². The lowest BCUT2D eigenvalue weighted by atomic mass is 9.95. The first-order valence-corrected chi connectivity index (χ1v) is 6.64. The maximum atomic E-state index is 12.6. The molecule has 1 fully saturated rings. The Morgan fingerprint density at radius 2 is 2.17 bits per heavy atom. The van der Waals surface area contributed by atoms with E-state index >= 15 is 0 Å². The van der Waals surface area contributed by atoms with Gasteiger partial charge in [0.2, 0.25) is 5.91 Å². The van der Waals surface area contributed by atoms with Crippen molar-refractivity contribution >= 4 is 11.6 Å². The third-order valence-corrected chi connectivity index (χ3v) is 3.76. The number of rotatable bonds is 4. The number of carbonyl (C=O) groups excluding carboxylic acids is 1. The summed E-state index contributed by atoms with van der Waals surface area (Å²) in [5.74, 6) is 0.391. The normalized spacial score (nSPS) is 18.2. The van der Waals surface area contributed by atoms with E-state index in [0.717, 1.165) is 24.1 Å². The highest BCUT2D eigenvalue weighted by Gasteiger charge is 2.45. The Bertz CT molecular complexity index is 450. The second-order valence-corrected chi connectivity index (χ2v) is 5.45. The van der Waals surface area contributed by atoms with Gasteiger partial charge in [0.15, 0.2) is 0 Å². The molecule has 0 saturated heterocycles. The number of benzene rings is 1. The van der Waals surface area contributed by atoms with Gasteiger partial charge in [0, 0.05) is 12.2 Å². The number of amides is 1. The molecule has 1 unspecified atom stereocenters. The third-order valence-electron chi connectivity index (χ3n) is 3.76. The molecular weight excluding hydrogens is 224 g/mol. The van der Waals surface area contributed by atoms with Crippen molar-refractivity contribution in [3.8, 4) is 0 Å². The SMILES string of the molecule is CCN(C(=O)C(C)(N)C1CC1)c1cccc(C)c1. The van der Waals surface area contributed by atoms with Crippen LogP contribution in [0.15, 0.2) is 24.3 Å². The Hall–Kier alpha value is -1.35. The molecule has 1 saturated carbocycles. The van der Waals surface area contributed by atoms with E-state index in [2.05, 4.69) is 0 Å². The van der Waals surface area contributed by atoms with Crippen molar-refractivity contribution in [3.63, 3.8) is 0 Å². The van der Waals surface area contributed by atoms with Crippen LogP contribution >= 0.6 is 0 Å². The minimum Gasteiger partial charge on any atom is -0.317 e. The van der Waals surface area contributed by atoms with Gasteiger partial charge in [-0.1, -0.05) is 12.1 Å². The van der Waals surface area contributed by atoms with Crippen LogP contribution < -0.4 is 10.6 Å². The highest BCUT2D eigenvalue weighted by molar-refractivity contribution is 6.00. The molecule has 0 bridgehead atoms. The zero-order chi connectivity index (χ0) is 13.3. The van der Waals surface area contributed by atoms with Crippen molar-refractivity contribution in [2.45, 2.75) is 39.2 Å². The number of nitrogens with two attached hydrogens (primary N) is 1. The van der Waals surface area contributed by atoms with E-state index in [9.17, 15) is 4.79 Å². The van der Waals surface area contributed by atoms with Gasteiger partial charge in [0.25, 0.3) is 0 Å². The van der Waals surface area contributed by atoms with E-state index in [-0.39, 0.29) is 5.91 Å². The Morgan fingerprint density at radius 1 is 1.50 bits per heavy atom. The van der Waals surface area contributed by atoms with E-state index in [1.807, 2.05) is 45.0 Å². The molecule has 18 heavy (non-hydrogen) atoms. The summed E-state index contributed by atoms with van der Waals surface area (Å²) in [7, 11) is 0. The molecule has 98 valence electrons. The van der Waals surface area contributed by atoms with Gasteiger partial charge >= 0.3 is 0 Å². The molecule has 0 heterocycles. The lowest BCUT2D eigenvalue weighted by Gasteiger charge is -2.31. The standard InChI is InChI=1S/C15H22N2O/c1-4-17(13-7-5-6-11(2)10-13)14(18)15(3,16)12-8-9-12/h5-7,10,12H,4,8-9,16H2,1-3H3. The summed E-state index contributed by atoms with van der Waals surface area (Å²) >= 11 is 0. The Morgan fingerprint density at radius 3 is 2.67 bits per heavy atom. The number of nitrogens with zero attached hydrogens (tertiary/aromatic N) is 1. The molecule has 2 rings (SSSR count). The molecule has 1 amide bonds. The van der Waals surface area contributed by atoms with Gasteiger partial charge in [-0.15, -0.1) is 0 Å². The van der Waals surface area contributed by atoms with Crippen LogP contribution in [-0.4, -0.2) is 18.0 Å². The number of hydrogen-bond donors (Lipinski definition) is 1. The molecule has 0 spiro atoms. The molecule has 3 nitrogen and oxygen atoms in total. The van der Waals surface area contributed by atoms with Crippen LogP contribution in [0.2, 0.25) is 0 Å². The number of hydrogen-bond acceptors (Lipinski definition) is 2. The number of anilines is 1. The first-order valence-electron chi connectivity index (χ1n) is 6.64. The van der Waals surface area contributed by atoms with E-state index < -0.39 is 5.54 Å². The van der Waals surface area contributed by atoms with Gasteiger partial charge in [0.05, 0.1) is 5.54 Å². The van der Waals surface area contributed by atoms with Crippen LogP contribution in [0.25, 0.3) is 0 Å². The fraction of sp³-hybridized carbons (Fsp3) is 0.533. The highest BCUT2D eigenvalue weighted by Crippen LogP contribution is 2.39.